The first kappa shape index (κ1) is 42.1. The molecule has 1 amide bonds. The Morgan fingerprint density at radius 2 is 0.980 bits per heavy atom. The van der Waals surface area contributed by atoms with E-state index < -0.39 is 16.8 Å². The molecule has 3 aromatic rings. The average Bonchev–Trinajstić information content (AvgIpc) is 3.17. The third kappa shape index (κ3) is 15.8. The van der Waals surface area contributed by atoms with Crippen molar-refractivity contribution in [3.8, 4) is 0 Å². The van der Waals surface area contributed by atoms with Crippen molar-refractivity contribution in [3.63, 3.8) is 0 Å². The Labute approximate surface area is 306 Å². The van der Waals surface area contributed by atoms with Gasteiger partial charge in [0.2, 0.25) is 5.91 Å². The van der Waals surface area contributed by atoms with Crippen molar-refractivity contribution >= 4 is 23.6 Å². The molecular formula is C39H54N2O9S. The zero-order valence-electron chi connectivity index (χ0n) is 29.7. The summed E-state index contributed by atoms with van der Waals surface area (Å²) in [4.78, 5) is 26.1. The van der Waals surface area contributed by atoms with Crippen LogP contribution in [-0.2, 0) is 47.5 Å². The van der Waals surface area contributed by atoms with Crippen molar-refractivity contribution in [2.24, 2.45) is 5.73 Å². The minimum atomic E-state index is -0.855. The highest BCUT2D eigenvalue weighted by molar-refractivity contribution is 8.00. The molecule has 3 aromatic carbocycles. The fraction of sp³-hybridized carbons (Fsp3) is 0.487. The summed E-state index contributed by atoms with van der Waals surface area (Å²) in [5, 5.41) is 2.90. The molecule has 0 saturated heterocycles. The summed E-state index contributed by atoms with van der Waals surface area (Å²) in [7, 11) is 0. The topological polar surface area (TPSA) is 137 Å². The first-order chi connectivity index (χ1) is 25.1. The average molecular weight is 727 g/mol. The van der Waals surface area contributed by atoms with Crippen LogP contribution in [0.1, 0.15) is 30.0 Å². The van der Waals surface area contributed by atoms with E-state index in [4.69, 9.17) is 38.9 Å². The number of benzene rings is 3. The van der Waals surface area contributed by atoms with Crippen molar-refractivity contribution in [2.45, 2.75) is 24.1 Å². The Kier molecular flexibility index (Phi) is 21.8. The van der Waals surface area contributed by atoms with E-state index in [-0.39, 0.29) is 31.3 Å². The lowest BCUT2D eigenvalue weighted by Gasteiger charge is -2.36. The molecule has 0 aliphatic rings. The van der Waals surface area contributed by atoms with E-state index in [1.165, 1.54) is 0 Å². The van der Waals surface area contributed by atoms with Crippen LogP contribution in [0.2, 0.25) is 0 Å². The standard InChI is InChI=1S/C39H54N2O9S/c1-2-50-38(43)36(32-51-39(33-12-6-3-7-13-33,34-14-8-4-9-15-34)35-16-10-5-11-17-35)41-37(42)18-20-44-22-24-46-26-28-48-30-31-49-29-27-47-25-23-45-21-19-40/h3-17,36H,2,18-32,40H2,1H3,(H,41,42). The Bertz CT molecular complexity index is 1230. The van der Waals surface area contributed by atoms with Crippen LogP contribution in [0.5, 0.6) is 0 Å². The van der Waals surface area contributed by atoms with Gasteiger partial charge < -0.3 is 44.2 Å². The molecule has 0 radical (unpaired) electrons. The zero-order valence-corrected chi connectivity index (χ0v) is 30.5. The quantitative estimate of drug-likeness (QED) is 0.0605. The first-order valence-electron chi connectivity index (χ1n) is 17.5. The van der Waals surface area contributed by atoms with E-state index in [1.54, 1.807) is 18.7 Å². The van der Waals surface area contributed by atoms with E-state index in [0.717, 1.165) is 16.7 Å². The molecule has 0 fully saturated rings. The largest absolute Gasteiger partial charge is 0.464 e. The molecule has 0 aliphatic heterocycles. The monoisotopic (exact) mass is 726 g/mol. The van der Waals surface area contributed by atoms with Gasteiger partial charge in [-0.3, -0.25) is 4.79 Å². The highest BCUT2D eigenvalue weighted by Gasteiger charge is 2.38. The first-order valence-corrected chi connectivity index (χ1v) is 18.5. The van der Waals surface area contributed by atoms with E-state index >= 15 is 0 Å². The van der Waals surface area contributed by atoms with E-state index in [1.807, 2.05) is 54.6 Å². The molecule has 0 spiro atoms. The van der Waals surface area contributed by atoms with Crippen molar-refractivity contribution in [2.75, 3.05) is 98.2 Å². The Morgan fingerprint density at radius 1 is 0.608 bits per heavy atom. The molecule has 3 rings (SSSR count). The van der Waals surface area contributed by atoms with Gasteiger partial charge in [-0.25, -0.2) is 4.79 Å². The minimum Gasteiger partial charge on any atom is -0.464 e. The van der Waals surface area contributed by atoms with Crippen molar-refractivity contribution in [1.82, 2.24) is 5.32 Å². The number of nitrogens with one attached hydrogen (secondary N) is 1. The van der Waals surface area contributed by atoms with Crippen LogP contribution in [0.4, 0.5) is 0 Å². The van der Waals surface area contributed by atoms with Crippen molar-refractivity contribution in [1.29, 1.82) is 0 Å². The predicted octanol–water partition coefficient (Wildman–Crippen LogP) is 4.21. The molecule has 280 valence electrons. The van der Waals surface area contributed by atoms with Crippen LogP contribution in [0, 0.1) is 0 Å². The summed E-state index contributed by atoms with van der Waals surface area (Å²) in [5.41, 5.74) is 8.55. The van der Waals surface area contributed by atoms with Gasteiger partial charge in [0.25, 0.3) is 0 Å². The summed E-state index contributed by atoms with van der Waals surface area (Å²) >= 11 is 1.59. The number of rotatable bonds is 29. The van der Waals surface area contributed by atoms with Crippen LogP contribution in [0.3, 0.4) is 0 Å². The number of hydrogen-bond donors (Lipinski definition) is 2. The molecule has 51 heavy (non-hydrogen) atoms. The van der Waals surface area contributed by atoms with E-state index in [0.29, 0.717) is 79.2 Å². The molecule has 0 aromatic heterocycles. The van der Waals surface area contributed by atoms with Gasteiger partial charge in [0.05, 0.1) is 90.6 Å². The number of ether oxygens (including phenoxy) is 7. The molecule has 0 heterocycles. The maximum Gasteiger partial charge on any atom is 0.329 e. The summed E-state index contributed by atoms with van der Waals surface area (Å²) in [6.07, 6.45) is 0.0952. The van der Waals surface area contributed by atoms with Crippen LogP contribution in [-0.4, -0.2) is 116 Å². The van der Waals surface area contributed by atoms with Crippen LogP contribution < -0.4 is 11.1 Å². The summed E-state index contributed by atoms with van der Waals surface area (Å²) < 4.78 is 37.5. The molecule has 0 bridgehead atoms. The Hall–Kier alpha value is -3.33. The molecule has 1 unspecified atom stereocenters. The van der Waals surface area contributed by atoms with Gasteiger partial charge in [0.1, 0.15) is 6.04 Å². The van der Waals surface area contributed by atoms with Gasteiger partial charge in [0.15, 0.2) is 0 Å². The Morgan fingerprint density at radius 3 is 1.35 bits per heavy atom. The van der Waals surface area contributed by atoms with E-state index in [9.17, 15) is 9.59 Å². The lowest BCUT2D eigenvalue weighted by molar-refractivity contribution is -0.146. The zero-order chi connectivity index (χ0) is 36.2. The van der Waals surface area contributed by atoms with Gasteiger partial charge in [-0.05, 0) is 23.6 Å². The van der Waals surface area contributed by atoms with Gasteiger partial charge in [-0.1, -0.05) is 91.0 Å². The lowest BCUT2D eigenvalue weighted by atomic mass is 9.84. The molecule has 0 aliphatic carbocycles. The van der Waals surface area contributed by atoms with Gasteiger partial charge in [0, 0.05) is 18.7 Å². The normalized spacial score (nSPS) is 12.0. The van der Waals surface area contributed by atoms with Gasteiger partial charge >= 0.3 is 5.97 Å². The number of hydrogen-bond acceptors (Lipinski definition) is 11. The van der Waals surface area contributed by atoms with Gasteiger partial charge in [-0.15, -0.1) is 11.8 Å². The smallest absolute Gasteiger partial charge is 0.329 e. The molecule has 12 heteroatoms. The molecule has 1 atom stereocenters. The van der Waals surface area contributed by atoms with Crippen LogP contribution in [0.15, 0.2) is 91.0 Å². The number of esters is 1. The minimum absolute atomic E-state index is 0.0952. The van der Waals surface area contributed by atoms with Crippen molar-refractivity contribution in [3.05, 3.63) is 108 Å². The number of thioether (sulfide) groups is 1. The summed E-state index contributed by atoms with van der Waals surface area (Å²) in [6.45, 7) is 7.74. The van der Waals surface area contributed by atoms with Crippen LogP contribution >= 0.6 is 11.8 Å². The maximum absolute atomic E-state index is 13.1. The lowest BCUT2D eigenvalue weighted by Crippen LogP contribution is -2.45. The van der Waals surface area contributed by atoms with E-state index in [2.05, 4.69) is 41.7 Å². The number of nitrogens with two attached hydrogens (primary N) is 1. The molecular weight excluding hydrogens is 673 g/mol. The second-order valence-corrected chi connectivity index (χ2v) is 12.4. The molecule has 0 saturated carbocycles. The second kappa shape index (κ2) is 26.4. The molecule has 11 nitrogen and oxygen atoms in total. The Balaban J connectivity index is 1.39. The fourth-order valence-electron chi connectivity index (χ4n) is 5.10. The number of amides is 1. The second-order valence-electron chi connectivity index (χ2n) is 11.2. The summed E-state index contributed by atoms with van der Waals surface area (Å²) in [5.74, 6) is -0.483. The fourth-order valence-corrected chi connectivity index (χ4v) is 6.65. The highest BCUT2D eigenvalue weighted by Crippen LogP contribution is 2.48. The van der Waals surface area contributed by atoms with Crippen molar-refractivity contribution < 1.29 is 42.7 Å². The third-order valence-electron chi connectivity index (χ3n) is 7.51. The molecule has 3 N–H and O–H groups in total. The number of carbonyl (C=O) groups is 2. The third-order valence-corrected chi connectivity index (χ3v) is 9.15. The van der Waals surface area contributed by atoms with Gasteiger partial charge in [-0.2, -0.15) is 0 Å². The predicted molar refractivity (Wildman–Crippen MR) is 199 cm³/mol. The van der Waals surface area contributed by atoms with Crippen LogP contribution in [0.25, 0.3) is 0 Å². The maximum atomic E-state index is 13.1. The summed E-state index contributed by atoms with van der Waals surface area (Å²) in [6, 6.07) is 29.8. The SMILES string of the molecule is CCOC(=O)C(CSC(c1ccccc1)(c1ccccc1)c1ccccc1)NC(=O)CCOCCOCCOCCOCCOCCOCCN. The highest BCUT2D eigenvalue weighted by atomic mass is 32.2. The number of carbonyl (C=O) groups excluding carboxylic acids is 2.